The first-order valence-electron chi connectivity index (χ1n) is 9.69. The van der Waals surface area contributed by atoms with E-state index in [-0.39, 0.29) is 5.91 Å². The number of thiazole rings is 1. The molecule has 0 saturated heterocycles. The highest BCUT2D eigenvalue weighted by molar-refractivity contribution is 7.09. The van der Waals surface area contributed by atoms with Crippen LogP contribution in [0.1, 0.15) is 23.4 Å². The van der Waals surface area contributed by atoms with Gasteiger partial charge in [0.2, 0.25) is 5.91 Å². The first-order chi connectivity index (χ1) is 14.1. The number of carbonyl (C=O) groups is 1. The average Bonchev–Trinajstić information content (AvgIpc) is 3.18. The zero-order valence-electron chi connectivity index (χ0n) is 16.8. The Labute approximate surface area is 175 Å². The third-order valence-corrected chi connectivity index (χ3v) is 5.25. The fourth-order valence-electron chi connectivity index (χ4n) is 2.87. The number of aromatic nitrogens is 1. The third-order valence-electron chi connectivity index (χ3n) is 4.48. The molecule has 1 aromatic heterocycles. The Hall–Kier alpha value is -2.86. The molecule has 1 amide bonds. The van der Waals surface area contributed by atoms with Gasteiger partial charge in [-0.15, -0.1) is 11.3 Å². The van der Waals surface area contributed by atoms with E-state index in [1.807, 2.05) is 31.2 Å². The van der Waals surface area contributed by atoms with Crippen LogP contribution in [0.5, 0.6) is 11.5 Å². The van der Waals surface area contributed by atoms with Gasteiger partial charge in [0, 0.05) is 23.9 Å². The number of amides is 1. The summed E-state index contributed by atoms with van der Waals surface area (Å²) in [4.78, 5) is 16.5. The molecule has 0 fully saturated rings. The molecular formula is C23H26N2O3S. The smallest absolute Gasteiger partial charge is 0.220 e. The van der Waals surface area contributed by atoms with Crippen LogP contribution < -0.4 is 14.8 Å². The molecule has 6 heteroatoms. The monoisotopic (exact) mass is 410 g/mol. The first kappa shape index (κ1) is 20.9. The van der Waals surface area contributed by atoms with Crippen LogP contribution >= 0.6 is 11.3 Å². The molecule has 5 nitrogen and oxygen atoms in total. The zero-order chi connectivity index (χ0) is 20.5. The average molecular weight is 411 g/mol. The summed E-state index contributed by atoms with van der Waals surface area (Å²) >= 11 is 1.66. The van der Waals surface area contributed by atoms with Gasteiger partial charge in [-0.25, -0.2) is 4.98 Å². The van der Waals surface area contributed by atoms with Gasteiger partial charge in [0.25, 0.3) is 0 Å². The molecule has 0 radical (unpaired) electrons. The molecule has 1 N–H and O–H groups in total. The SMILES string of the molecule is COc1ccc(OCCCC(=O)NCCc2ccc(-c3csc(C)n3)cc2)cc1. The van der Waals surface area contributed by atoms with Crippen LogP contribution in [0.25, 0.3) is 11.3 Å². The Kier molecular flexibility index (Phi) is 7.64. The minimum Gasteiger partial charge on any atom is -0.497 e. The first-order valence-corrected chi connectivity index (χ1v) is 10.6. The Balaban J connectivity index is 1.31. The van der Waals surface area contributed by atoms with Crippen molar-refractivity contribution in [2.45, 2.75) is 26.2 Å². The molecule has 0 unspecified atom stereocenters. The zero-order valence-corrected chi connectivity index (χ0v) is 17.6. The van der Waals surface area contributed by atoms with Crippen molar-refractivity contribution in [3.05, 3.63) is 64.5 Å². The maximum absolute atomic E-state index is 12.0. The summed E-state index contributed by atoms with van der Waals surface area (Å²) in [6.07, 6.45) is 1.95. The lowest BCUT2D eigenvalue weighted by atomic mass is 10.1. The van der Waals surface area contributed by atoms with Crippen molar-refractivity contribution in [2.75, 3.05) is 20.3 Å². The lowest BCUT2D eigenvalue weighted by molar-refractivity contribution is -0.121. The predicted octanol–water partition coefficient (Wildman–Crippen LogP) is 4.65. The minimum absolute atomic E-state index is 0.0536. The third kappa shape index (κ3) is 6.61. The molecular weight excluding hydrogens is 384 g/mol. The number of hydrogen-bond acceptors (Lipinski definition) is 5. The Morgan fingerprint density at radius 3 is 2.45 bits per heavy atom. The van der Waals surface area contributed by atoms with Gasteiger partial charge in [-0.3, -0.25) is 4.79 Å². The summed E-state index contributed by atoms with van der Waals surface area (Å²) in [5.74, 6) is 1.63. The topological polar surface area (TPSA) is 60.5 Å². The number of rotatable bonds is 10. The van der Waals surface area contributed by atoms with E-state index in [2.05, 4.69) is 39.9 Å². The number of ether oxygens (including phenoxy) is 2. The number of hydrogen-bond donors (Lipinski definition) is 1. The maximum Gasteiger partial charge on any atom is 0.220 e. The number of carbonyl (C=O) groups excluding carboxylic acids is 1. The van der Waals surface area contributed by atoms with Crippen molar-refractivity contribution < 1.29 is 14.3 Å². The quantitative estimate of drug-likeness (QED) is 0.495. The summed E-state index contributed by atoms with van der Waals surface area (Å²) in [6, 6.07) is 15.8. The molecule has 0 bridgehead atoms. The Morgan fingerprint density at radius 1 is 1.07 bits per heavy atom. The maximum atomic E-state index is 12.0. The van der Waals surface area contributed by atoms with E-state index in [1.165, 1.54) is 5.56 Å². The molecule has 0 aliphatic rings. The van der Waals surface area contributed by atoms with E-state index < -0.39 is 0 Å². The van der Waals surface area contributed by atoms with E-state index in [9.17, 15) is 4.79 Å². The van der Waals surface area contributed by atoms with Crippen LogP contribution in [0.3, 0.4) is 0 Å². The fourth-order valence-corrected chi connectivity index (χ4v) is 3.49. The van der Waals surface area contributed by atoms with Crippen LogP contribution in [0.4, 0.5) is 0 Å². The van der Waals surface area contributed by atoms with E-state index in [1.54, 1.807) is 18.4 Å². The summed E-state index contributed by atoms with van der Waals surface area (Å²) in [5.41, 5.74) is 3.34. The van der Waals surface area contributed by atoms with Gasteiger partial charge in [-0.1, -0.05) is 24.3 Å². The minimum atomic E-state index is 0.0536. The highest BCUT2D eigenvalue weighted by Gasteiger charge is 2.04. The molecule has 152 valence electrons. The van der Waals surface area contributed by atoms with Gasteiger partial charge in [-0.05, 0) is 49.6 Å². The van der Waals surface area contributed by atoms with E-state index in [0.29, 0.717) is 26.0 Å². The molecule has 2 aromatic carbocycles. The molecule has 29 heavy (non-hydrogen) atoms. The lowest BCUT2D eigenvalue weighted by Gasteiger charge is -2.08. The van der Waals surface area contributed by atoms with Crippen LogP contribution in [-0.4, -0.2) is 31.2 Å². The molecule has 3 aromatic rings. The van der Waals surface area contributed by atoms with Gasteiger partial charge in [-0.2, -0.15) is 0 Å². The van der Waals surface area contributed by atoms with Crippen molar-refractivity contribution >= 4 is 17.2 Å². The highest BCUT2D eigenvalue weighted by Crippen LogP contribution is 2.22. The van der Waals surface area contributed by atoms with Crippen molar-refractivity contribution in [3.8, 4) is 22.8 Å². The molecule has 3 rings (SSSR count). The van der Waals surface area contributed by atoms with Gasteiger partial charge in [0.1, 0.15) is 11.5 Å². The summed E-state index contributed by atoms with van der Waals surface area (Å²) < 4.78 is 10.8. The molecule has 0 atom stereocenters. The van der Waals surface area contributed by atoms with Crippen molar-refractivity contribution in [1.82, 2.24) is 10.3 Å². The standard InChI is InChI=1S/C23H26N2O3S/c1-17-25-22(16-29-17)19-7-5-18(6-8-19)13-14-24-23(26)4-3-15-28-21-11-9-20(27-2)10-12-21/h5-12,16H,3-4,13-15H2,1-2H3,(H,24,26). The van der Waals surface area contributed by atoms with Crippen LogP contribution in [-0.2, 0) is 11.2 Å². The number of nitrogens with zero attached hydrogens (tertiary/aromatic N) is 1. The molecule has 0 spiro atoms. The summed E-state index contributed by atoms with van der Waals surface area (Å²) in [7, 11) is 1.63. The highest BCUT2D eigenvalue weighted by atomic mass is 32.1. The molecule has 0 aliphatic carbocycles. The number of methoxy groups -OCH3 is 1. The van der Waals surface area contributed by atoms with Gasteiger partial charge in [0.15, 0.2) is 0 Å². The van der Waals surface area contributed by atoms with E-state index in [0.717, 1.165) is 34.2 Å². The van der Waals surface area contributed by atoms with Crippen molar-refractivity contribution in [1.29, 1.82) is 0 Å². The summed E-state index contributed by atoms with van der Waals surface area (Å²) in [6.45, 7) is 3.15. The number of aryl methyl sites for hydroxylation is 1. The van der Waals surface area contributed by atoms with Crippen LogP contribution in [0, 0.1) is 6.92 Å². The van der Waals surface area contributed by atoms with Gasteiger partial charge < -0.3 is 14.8 Å². The van der Waals surface area contributed by atoms with Crippen molar-refractivity contribution in [3.63, 3.8) is 0 Å². The normalized spacial score (nSPS) is 10.6. The molecule has 0 aliphatic heterocycles. The van der Waals surface area contributed by atoms with Crippen molar-refractivity contribution in [2.24, 2.45) is 0 Å². The number of benzene rings is 2. The largest absolute Gasteiger partial charge is 0.497 e. The van der Waals surface area contributed by atoms with E-state index >= 15 is 0 Å². The van der Waals surface area contributed by atoms with E-state index in [4.69, 9.17) is 9.47 Å². The van der Waals surface area contributed by atoms with Gasteiger partial charge in [0.05, 0.1) is 24.4 Å². The Morgan fingerprint density at radius 2 is 1.79 bits per heavy atom. The lowest BCUT2D eigenvalue weighted by Crippen LogP contribution is -2.25. The molecule has 1 heterocycles. The number of nitrogens with one attached hydrogen (secondary N) is 1. The Bertz CT molecular complexity index is 905. The van der Waals surface area contributed by atoms with Gasteiger partial charge >= 0.3 is 0 Å². The second-order valence-corrected chi connectivity index (χ2v) is 7.74. The predicted molar refractivity (Wildman–Crippen MR) is 117 cm³/mol. The molecule has 0 saturated carbocycles. The summed E-state index contributed by atoms with van der Waals surface area (Å²) in [5, 5.41) is 6.12. The second kappa shape index (κ2) is 10.6. The fraction of sp³-hybridized carbons (Fsp3) is 0.304. The van der Waals surface area contributed by atoms with Crippen LogP contribution in [0.15, 0.2) is 53.9 Å². The second-order valence-electron chi connectivity index (χ2n) is 6.68. The van der Waals surface area contributed by atoms with Crippen LogP contribution in [0.2, 0.25) is 0 Å².